The van der Waals surface area contributed by atoms with Gasteiger partial charge in [-0.2, -0.15) is 0 Å². The minimum absolute atomic E-state index is 0.0956. The van der Waals surface area contributed by atoms with Gasteiger partial charge in [0, 0.05) is 11.8 Å². The molecule has 6 nitrogen and oxygen atoms in total. The molecule has 1 aliphatic heterocycles. The molecule has 8 heteroatoms. The van der Waals surface area contributed by atoms with Crippen molar-refractivity contribution in [1.82, 2.24) is 10.2 Å². The van der Waals surface area contributed by atoms with Crippen molar-refractivity contribution in [3.8, 4) is 11.5 Å². The Balaban J connectivity index is 1.56. The van der Waals surface area contributed by atoms with E-state index in [0.29, 0.717) is 22.9 Å². The zero-order valence-electron chi connectivity index (χ0n) is 10.6. The summed E-state index contributed by atoms with van der Waals surface area (Å²) in [4.78, 5) is 11.8. The molecule has 2 heterocycles. The third kappa shape index (κ3) is 3.02. The number of carbonyl (C=O) groups is 1. The zero-order valence-corrected chi connectivity index (χ0v) is 12.2. The van der Waals surface area contributed by atoms with E-state index >= 15 is 0 Å². The fourth-order valence-corrected chi connectivity index (χ4v) is 3.25. The van der Waals surface area contributed by atoms with E-state index in [-0.39, 0.29) is 12.7 Å². The van der Waals surface area contributed by atoms with Crippen molar-refractivity contribution in [2.45, 2.75) is 11.3 Å². The van der Waals surface area contributed by atoms with Crippen molar-refractivity contribution >= 4 is 34.7 Å². The molecule has 0 saturated carbocycles. The summed E-state index contributed by atoms with van der Waals surface area (Å²) in [5.74, 6) is 1.54. The van der Waals surface area contributed by atoms with E-state index in [1.807, 2.05) is 6.92 Å². The Labute approximate surface area is 123 Å². The maximum absolute atomic E-state index is 11.8. The lowest BCUT2D eigenvalue weighted by Crippen LogP contribution is -2.13. The first-order valence-corrected chi connectivity index (χ1v) is 7.63. The molecule has 1 N–H and O–H groups in total. The number of nitrogens with one attached hydrogen (secondary N) is 1. The molecule has 1 aromatic heterocycles. The second kappa shape index (κ2) is 5.68. The van der Waals surface area contributed by atoms with Gasteiger partial charge >= 0.3 is 0 Å². The van der Waals surface area contributed by atoms with Crippen molar-refractivity contribution in [3.05, 3.63) is 23.2 Å². The quantitative estimate of drug-likeness (QED) is 0.874. The first-order valence-electron chi connectivity index (χ1n) is 5.83. The van der Waals surface area contributed by atoms with E-state index in [9.17, 15) is 4.79 Å². The van der Waals surface area contributed by atoms with Gasteiger partial charge < -0.3 is 14.8 Å². The lowest BCUT2D eigenvalue weighted by Gasteiger charge is -2.05. The van der Waals surface area contributed by atoms with Crippen LogP contribution >= 0.6 is 23.1 Å². The number of ether oxygens (including phenoxy) is 2. The topological polar surface area (TPSA) is 73.3 Å². The number of fused-ring (bicyclic) bond motifs is 1. The van der Waals surface area contributed by atoms with Gasteiger partial charge in [0.1, 0.15) is 5.01 Å². The Bertz CT molecular complexity index is 645. The molecule has 0 aliphatic carbocycles. The average Bonchev–Trinajstić information content (AvgIpc) is 3.04. The summed E-state index contributed by atoms with van der Waals surface area (Å²) in [6.07, 6.45) is 0. The van der Waals surface area contributed by atoms with E-state index in [1.165, 1.54) is 23.1 Å². The van der Waals surface area contributed by atoms with Crippen molar-refractivity contribution in [2.24, 2.45) is 0 Å². The summed E-state index contributed by atoms with van der Waals surface area (Å²) in [6, 6.07) is 5.31. The number of anilines is 1. The Morgan fingerprint density at radius 3 is 3.05 bits per heavy atom. The number of aromatic nitrogens is 2. The van der Waals surface area contributed by atoms with Gasteiger partial charge in [-0.25, -0.2) is 0 Å². The molecular formula is C12H11N3O3S2. The molecule has 1 aliphatic rings. The summed E-state index contributed by atoms with van der Waals surface area (Å²) in [7, 11) is 0. The van der Waals surface area contributed by atoms with Crippen LogP contribution in [-0.2, 0) is 4.79 Å². The van der Waals surface area contributed by atoms with Crippen LogP contribution < -0.4 is 14.8 Å². The van der Waals surface area contributed by atoms with Crippen LogP contribution in [0.1, 0.15) is 5.01 Å². The van der Waals surface area contributed by atoms with Crippen LogP contribution in [0, 0.1) is 6.92 Å². The molecule has 3 rings (SSSR count). The predicted molar refractivity (Wildman–Crippen MR) is 76.6 cm³/mol. The van der Waals surface area contributed by atoms with Crippen LogP contribution in [0.4, 0.5) is 5.69 Å². The van der Waals surface area contributed by atoms with Gasteiger partial charge in [-0.15, -0.1) is 10.2 Å². The fraction of sp³-hybridized carbons (Fsp3) is 0.250. The number of benzene rings is 1. The molecule has 104 valence electrons. The van der Waals surface area contributed by atoms with Crippen LogP contribution in [0.15, 0.2) is 22.5 Å². The highest BCUT2D eigenvalue weighted by molar-refractivity contribution is 8.01. The Morgan fingerprint density at radius 1 is 1.40 bits per heavy atom. The second-order valence-electron chi connectivity index (χ2n) is 3.99. The van der Waals surface area contributed by atoms with Crippen molar-refractivity contribution in [2.75, 3.05) is 17.9 Å². The van der Waals surface area contributed by atoms with E-state index in [2.05, 4.69) is 15.5 Å². The van der Waals surface area contributed by atoms with Gasteiger partial charge in [0.15, 0.2) is 15.8 Å². The van der Waals surface area contributed by atoms with Crippen molar-refractivity contribution in [1.29, 1.82) is 0 Å². The summed E-state index contributed by atoms with van der Waals surface area (Å²) in [6.45, 7) is 2.10. The Hall–Kier alpha value is -1.80. The molecule has 2 aromatic rings. The van der Waals surface area contributed by atoms with Gasteiger partial charge in [0.05, 0.1) is 5.75 Å². The van der Waals surface area contributed by atoms with Gasteiger partial charge in [-0.05, 0) is 19.1 Å². The van der Waals surface area contributed by atoms with Crippen molar-refractivity contribution < 1.29 is 14.3 Å². The highest BCUT2D eigenvalue weighted by Crippen LogP contribution is 2.34. The molecule has 1 amide bonds. The molecule has 0 bridgehead atoms. The average molecular weight is 309 g/mol. The fourth-order valence-electron chi connectivity index (χ4n) is 1.64. The SMILES string of the molecule is Cc1nnc(SCC(=O)Nc2ccc3c(c2)OCO3)s1. The number of rotatable bonds is 4. The maximum atomic E-state index is 11.8. The van der Waals surface area contributed by atoms with E-state index in [0.717, 1.165) is 9.35 Å². The maximum Gasteiger partial charge on any atom is 0.234 e. The molecule has 0 radical (unpaired) electrons. The van der Waals surface area contributed by atoms with E-state index < -0.39 is 0 Å². The first kappa shape index (κ1) is 13.2. The van der Waals surface area contributed by atoms with Crippen LogP contribution in [-0.4, -0.2) is 28.7 Å². The third-order valence-corrected chi connectivity index (χ3v) is 4.46. The standard InChI is InChI=1S/C12H11N3O3S2/c1-7-14-15-12(20-7)19-5-11(16)13-8-2-3-9-10(4-8)18-6-17-9/h2-4H,5-6H2,1H3,(H,13,16). The largest absolute Gasteiger partial charge is 0.454 e. The second-order valence-corrected chi connectivity index (χ2v) is 6.40. The number of nitrogens with zero attached hydrogens (tertiary/aromatic N) is 2. The monoisotopic (exact) mass is 309 g/mol. The lowest BCUT2D eigenvalue weighted by atomic mass is 10.3. The summed E-state index contributed by atoms with van der Waals surface area (Å²) < 4.78 is 11.3. The molecule has 0 fully saturated rings. The van der Waals surface area contributed by atoms with E-state index in [4.69, 9.17) is 9.47 Å². The number of thioether (sulfide) groups is 1. The van der Waals surface area contributed by atoms with Crippen LogP contribution in [0.25, 0.3) is 0 Å². The number of aryl methyl sites for hydroxylation is 1. The zero-order chi connectivity index (χ0) is 13.9. The lowest BCUT2D eigenvalue weighted by molar-refractivity contribution is -0.113. The Kier molecular flexibility index (Phi) is 3.75. The smallest absolute Gasteiger partial charge is 0.234 e. The summed E-state index contributed by atoms with van der Waals surface area (Å²) in [5.41, 5.74) is 0.688. The summed E-state index contributed by atoms with van der Waals surface area (Å²) >= 11 is 2.85. The summed E-state index contributed by atoms with van der Waals surface area (Å²) in [5, 5.41) is 11.6. The number of hydrogen-bond donors (Lipinski definition) is 1. The minimum atomic E-state index is -0.0956. The number of carbonyl (C=O) groups excluding carboxylic acids is 1. The van der Waals surface area contributed by atoms with Gasteiger partial charge in [0.25, 0.3) is 0 Å². The number of hydrogen-bond acceptors (Lipinski definition) is 7. The molecular weight excluding hydrogens is 298 g/mol. The molecule has 0 atom stereocenters. The molecule has 0 unspecified atom stereocenters. The van der Waals surface area contributed by atoms with Gasteiger partial charge in [-0.3, -0.25) is 4.79 Å². The van der Waals surface area contributed by atoms with Crippen LogP contribution in [0.2, 0.25) is 0 Å². The highest BCUT2D eigenvalue weighted by Gasteiger charge is 2.14. The normalized spacial score (nSPS) is 12.4. The Morgan fingerprint density at radius 2 is 2.25 bits per heavy atom. The minimum Gasteiger partial charge on any atom is -0.454 e. The van der Waals surface area contributed by atoms with Gasteiger partial charge in [-0.1, -0.05) is 23.1 Å². The highest BCUT2D eigenvalue weighted by atomic mass is 32.2. The first-order chi connectivity index (χ1) is 9.70. The molecule has 20 heavy (non-hydrogen) atoms. The molecule has 0 saturated heterocycles. The molecule has 1 aromatic carbocycles. The third-order valence-electron chi connectivity index (χ3n) is 2.49. The van der Waals surface area contributed by atoms with Crippen LogP contribution in [0.3, 0.4) is 0 Å². The predicted octanol–water partition coefficient (Wildman–Crippen LogP) is 2.31. The molecule has 0 spiro atoms. The number of amides is 1. The van der Waals surface area contributed by atoms with Gasteiger partial charge in [0.2, 0.25) is 12.7 Å². The van der Waals surface area contributed by atoms with E-state index in [1.54, 1.807) is 18.2 Å². The van der Waals surface area contributed by atoms with Crippen molar-refractivity contribution in [3.63, 3.8) is 0 Å². The van der Waals surface area contributed by atoms with Crippen LogP contribution in [0.5, 0.6) is 11.5 Å².